The lowest BCUT2D eigenvalue weighted by atomic mass is 10.2. The summed E-state index contributed by atoms with van der Waals surface area (Å²) in [5.74, 6) is -0.734. The lowest BCUT2D eigenvalue weighted by Crippen LogP contribution is -2.27. The third-order valence-corrected chi connectivity index (χ3v) is 2.27. The zero-order valence-corrected chi connectivity index (χ0v) is 10.8. The summed E-state index contributed by atoms with van der Waals surface area (Å²) >= 11 is 0. The average molecular weight is 244 g/mol. The molecule has 0 unspecified atom stereocenters. The molecule has 0 bridgehead atoms. The maximum Gasteiger partial charge on any atom is 0.303 e. The summed E-state index contributed by atoms with van der Waals surface area (Å²) in [6, 6.07) is 0.453. The van der Waals surface area contributed by atoms with Crippen LogP contribution in [0.15, 0.2) is 0 Å². The van der Waals surface area contributed by atoms with E-state index in [0.717, 1.165) is 19.4 Å². The molecular weight excluding hydrogens is 220 g/mol. The Morgan fingerprint density at radius 2 is 1.76 bits per heavy atom. The summed E-state index contributed by atoms with van der Waals surface area (Å²) < 4.78 is 0. The van der Waals surface area contributed by atoms with Crippen LogP contribution in [0.3, 0.4) is 0 Å². The molecule has 100 valence electrons. The van der Waals surface area contributed by atoms with E-state index >= 15 is 0 Å². The molecule has 0 radical (unpaired) electrons. The van der Waals surface area contributed by atoms with Crippen molar-refractivity contribution in [1.82, 2.24) is 10.6 Å². The highest BCUT2D eigenvalue weighted by molar-refractivity contribution is 5.75. The molecule has 0 rings (SSSR count). The van der Waals surface area contributed by atoms with Gasteiger partial charge in [0.2, 0.25) is 5.91 Å². The number of aliphatic carboxylic acids is 1. The Labute approximate surface area is 103 Å². The summed E-state index contributed by atoms with van der Waals surface area (Å²) in [5, 5.41) is 14.4. The molecule has 0 aromatic carbocycles. The molecule has 1 amide bonds. The van der Waals surface area contributed by atoms with E-state index in [0.29, 0.717) is 25.4 Å². The number of hydrogen-bond donors (Lipinski definition) is 3. The largest absolute Gasteiger partial charge is 0.481 e. The van der Waals surface area contributed by atoms with Crippen molar-refractivity contribution < 1.29 is 14.7 Å². The summed E-state index contributed by atoms with van der Waals surface area (Å²) in [6.45, 7) is 5.57. The zero-order chi connectivity index (χ0) is 13.1. The lowest BCUT2D eigenvalue weighted by Gasteiger charge is -2.08. The first-order chi connectivity index (χ1) is 8.02. The number of amides is 1. The minimum absolute atomic E-state index is 0.0471. The molecular formula is C12H24N2O3. The predicted molar refractivity (Wildman–Crippen MR) is 66.9 cm³/mol. The molecule has 0 heterocycles. The number of carbonyl (C=O) groups excluding carboxylic acids is 1. The highest BCUT2D eigenvalue weighted by Gasteiger charge is 2.01. The molecule has 0 saturated heterocycles. The summed E-state index contributed by atoms with van der Waals surface area (Å²) in [5.41, 5.74) is 0. The first kappa shape index (κ1) is 15.9. The minimum atomic E-state index is -0.781. The van der Waals surface area contributed by atoms with E-state index in [1.165, 1.54) is 0 Å². The first-order valence-corrected chi connectivity index (χ1v) is 6.24. The van der Waals surface area contributed by atoms with Crippen LogP contribution in [0.1, 0.15) is 46.0 Å². The summed E-state index contributed by atoms with van der Waals surface area (Å²) in [7, 11) is 0. The number of carboxylic acid groups (broad SMARTS) is 1. The van der Waals surface area contributed by atoms with Gasteiger partial charge in [0.1, 0.15) is 0 Å². The van der Waals surface area contributed by atoms with Crippen molar-refractivity contribution in [3.05, 3.63) is 0 Å². The van der Waals surface area contributed by atoms with Crippen LogP contribution in [0.2, 0.25) is 0 Å². The SMILES string of the molecule is CC(C)NCCCC(=O)NCCCCC(=O)O. The molecule has 0 aromatic rings. The van der Waals surface area contributed by atoms with Crippen molar-refractivity contribution in [2.45, 2.75) is 52.0 Å². The van der Waals surface area contributed by atoms with Gasteiger partial charge in [0.25, 0.3) is 0 Å². The van der Waals surface area contributed by atoms with Crippen LogP contribution >= 0.6 is 0 Å². The fourth-order valence-corrected chi connectivity index (χ4v) is 1.36. The van der Waals surface area contributed by atoms with Crippen molar-refractivity contribution in [3.63, 3.8) is 0 Å². The Hall–Kier alpha value is -1.10. The van der Waals surface area contributed by atoms with Crippen molar-refractivity contribution in [2.75, 3.05) is 13.1 Å². The van der Waals surface area contributed by atoms with Crippen molar-refractivity contribution in [1.29, 1.82) is 0 Å². The van der Waals surface area contributed by atoms with Crippen LogP contribution in [0.25, 0.3) is 0 Å². The molecule has 17 heavy (non-hydrogen) atoms. The maximum absolute atomic E-state index is 11.3. The lowest BCUT2D eigenvalue weighted by molar-refractivity contribution is -0.137. The van der Waals surface area contributed by atoms with Crippen molar-refractivity contribution >= 4 is 11.9 Å². The monoisotopic (exact) mass is 244 g/mol. The minimum Gasteiger partial charge on any atom is -0.481 e. The average Bonchev–Trinajstić information content (AvgIpc) is 2.23. The van der Waals surface area contributed by atoms with Crippen molar-refractivity contribution in [3.8, 4) is 0 Å². The summed E-state index contributed by atoms with van der Waals surface area (Å²) in [6.07, 6.45) is 2.87. The van der Waals surface area contributed by atoms with E-state index in [1.807, 2.05) is 0 Å². The summed E-state index contributed by atoms with van der Waals surface area (Å²) in [4.78, 5) is 21.6. The molecule has 0 aliphatic heterocycles. The molecule has 0 spiro atoms. The third kappa shape index (κ3) is 12.8. The Balaban J connectivity index is 3.26. The van der Waals surface area contributed by atoms with E-state index in [-0.39, 0.29) is 12.3 Å². The van der Waals surface area contributed by atoms with Gasteiger partial charge in [0.15, 0.2) is 0 Å². The van der Waals surface area contributed by atoms with Crippen LogP contribution in [0, 0.1) is 0 Å². The number of nitrogens with one attached hydrogen (secondary N) is 2. The van der Waals surface area contributed by atoms with E-state index in [2.05, 4.69) is 24.5 Å². The predicted octanol–water partition coefficient (Wildman–Crippen LogP) is 1.14. The number of hydrogen-bond acceptors (Lipinski definition) is 3. The Morgan fingerprint density at radius 3 is 2.35 bits per heavy atom. The topological polar surface area (TPSA) is 78.4 Å². The molecule has 3 N–H and O–H groups in total. The van der Waals surface area contributed by atoms with Gasteiger partial charge in [0.05, 0.1) is 0 Å². The Morgan fingerprint density at radius 1 is 1.06 bits per heavy atom. The number of rotatable bonds is 10. The van der Waals surface area contributed by atoms with E-state index in [1.54, 1.807) is 0 Å². The first-order valence-electron chi connectivity index (χ1n) is 6.24. The molecule has 0 atom stereocenters. The van der Waals surface area contributed by atoms with Crippen LogP contribution < -0.4 is 10.6 Å². The van der Waals surface area contributed by atoms with Gasteiger partial charge >= 0.3 is 5.97 Å². The van der Waals surface area contributed by atoms with Crippen LogP contribution in [0.4, 0.5) is 0 Å². The zero-order valence-electron chi connectivity index (χ0n) is 10.8. The Bertz CT molecular complexity index is 230. The fourth-order valence-electron chi connectivity index (χ4n) is 1.36. The van der Waals surface area contributed by atoms with Gasteiger partial charge in [0, 0.05) is 25.4 Å². The maximum atomic E-state index is 11.3. The highest BCUT2D eigenvalue weighted by atomic mass is 16.4. The number of unbranched alkanes of at least 4 members (excludes halogenated alkanes) is 1. The molecule has 0 aliphatic carbocycles. The van der Waals surface area contributed by atoms with E-state index in [9.17, 15) is 9.59 Å². The highest BCUT2D eigenvalue weighted by Crippen LogP contribution is 1.94. The van der Waals surface area contributed by atoms with Gasteiger partial charge in [-0.05, 0) is 25.8 Å². The number of carbonyl (C=O) groups is 2. The quantitative estimate of drug-likeness (QED) is 0.503. The molecule has 0 saturated carbocycles. The molecule has 5 nitrogen and oxygen atoms in total. The van der Waals surface area contributed by atoms with Gasteiger partial charge in [-0.2, -0.15) is 0 Å². The Kier molecular flexibility index (Phi) is 9.43. The smallest absolute Gasteiger partial charge is 0.303 e. The van der Waals surface area contributed by atoms with E-state index in [4.69, 9.17) is 5.11 Å². The molecule has 0 fully saturated rings. The van der Waals surface area contributed by atoms with Crippen LogP contribution in [-0.2, 0) is 9.59 Å². The second kappa shape index (κ2) is 10.1. The second-order valence-corrected chi connectivity index (χ2v) is 4.41. The molecule has 5 heteroatoms. The fraction of sp³-hybridized carbons (Fsp3) is 0.833. The van der Waals surface area contributed by atoms with Crippen LogP contribution in [-0.4, -0.2) is 36.1 Å². The normalized spacial score (nSPS) is 10.5. The van der Waals surface area contributed by atoms with Crippen molar-refractivity contribution in [2.24, 2.45) is 0 Å². The molecule has 0 aromatic heterocycles. The van der Waals surface area contributed by atoms with E-state index < -0.39 is 5.97 Å². The third-order valence-electron chi connectivity index (χ3n) is 2.27. The van der Waals surface area contributed by atoms with Gasteiger partial charge in [-0.15, -0.1) is 0 Å². The second-order valence-electron chi connectivity index (χ2n) is 4.41. The van der Waals surface area contributed by atoms with Gasteiger partial charge in [-0.25, -0.2) is 0 Å². The van der Waals surface area contributed by atoms with Gasteiger partial charge in [-0.1, -0.05) is 13.8 Å². The standard InChI is InChI=1S/C12H24N2O3/c1-10(2)13-9-5-6-11(15)14-8-4-3-7-12(16)17/h10,13H,3-9H2,1-2H3,(H,14,15)(H,16,17). The molecule has 0 aliphatic rings. The van der Waals surface area contributed by atoms with Gasteiger partial charge < -0.3 is 15.7 Å². The van der Waals surface area contributed by atoms with Gasteiger partial charge in [-0.3, -0.25) is 9.59 Å². The van der Waals surface area contributed by atoms with Crippen LogP contribution in [0.5, 0.6) is 0 Å². The number of carboxylic acids is 1.